The highest BCUT2D eigenvalue weighted by Gasteiger charge is 2.11. The van der Waals surface area contributed by atoms with Crippen LogP contribution in [-0.2, 0) is 12.8 Å². The van der Waals surface area contributed by atoms with Gasteiger partial charge in [0.05, 0.1) is 0 Å². The largest absolute Gasteiger partial charge is 0.398 e. The van der Waals surface area contributed by atoms with Crippen molar-refractivity contribution in [3.05, 3.63) is 59.9 Å². The van der Waals surface area contributed by atoms with Gasteiger partial charge in [0.1, 0.15) is 0 Å². The van der Waals surface area contributed by atoms with Crippen molar-refractivity contribution in [3.8, 4) is 0 Å². The van der Waals surface area contributed by atoms with Crippen LogP contribution in [0.1, 0.15) is 17.5 Å². The van der Waals surface area contributed by atoms with Crippen molar-refractivity contribution < 1.29 is 0 Å². The fraction of sp³-hybridized carbons (Fsp3) is 0.167. The molecule has 1 aliphatic carbocycles. The number of nitrogens with two attached hydrogens (primary N) is 1. The number of hydrogen-bond acceptors (Lipinski definition) is 3. The number of rotatable bonds is 2. The lowest BCUT2D eigenvalue weighted by molar-refractivity contribution is 0.912. The van der Waals surface area contributed by atoms with Gasteiger partial charge in [0.2, 0.25) is 0 Å². The number of nitrogens with zero attached hydrogens (tertiary/aromatic N) is 1. The van der Waals surface area contributed by atoms with Crippen molar-refractivity contribution in [2.75, 3.05) is 11.1 Å². The first-order valence-corrected chi connectivity index (χ1v) is 7.32. The number of anilines is 3. The summed E-state index contributed by atoms with van der Waals surface area (Å²) in [5, 5.41) is 5.60. The Bertz CT molecular complexity index is 824. The molecule has 3 N–H and O–H groups in total. The highest BCUT2D eigenvalue weighted by molar-refractivity contribution is 6.01. The van der Waals surface area contributed by atoms with E-state index >= 15 is 0 Å². The molecule has 0 fully saturated rings. The summed E-state index contributed by atoms with van der Waals surface area (Å²) in [6.45, 7) is 0. The molecule has 3 heteroatoms. The first-order chi connectivity index (χ1) is 10.3. The number of aromatic nitrogens is 1. The lowest BCUT2D eigenvalue weighted by Gasteiger charge is -2.12. The van der Waals surface area contributed by atoms with E-state index in [-0.39, 0.29) is 0 Å². The number of hydrogen-bond donors (Lipinski definition) is 2. The molecule has 1 heterocycles. The second-order valence-electron chi connectivity index (χ2n) is 5.59. The first-order valence-electron chi connectivity index (χ1n) is 7.32. The average Bonchev–Trinajstić information content (AvgIpc) is 2.98. The van der Waals surface area contributed by atoms with Crippen LogP contribution in [0.15, 0.2) is 48.8 Å². The van der Waals surface area contributed by atoms with E-state index in [1.54, 1.807) is 6.20 Å². The molecule has 4 rings (SSSR count). The number of aryl methyl sites for hydroxylation is 2. The zero-order valence-electron chi connectivity index (χ0n) is 11.8. The van der Waals surface area contributed by atoms with Gasteiger partial charge in [-0.15, -0.1) is 0 Å². The van der Waals surface area contributed by atoms with Crippen molar-refractivity contribution >= 4 is 27.8 Å². The van der Waals surface area contributed by atoms with Crippen molar-refractivity contribution in [1.82, 2.24) is 4.98 Å². The van der Waals surface area contributed by atoms with Crippen LogP contribution in [0.5, 0.6) is 0 Å². The molecule has 0 spiro atoms. The Morgan fingerprint density at radius 3 is 2.81 bits per heavy atom. The molecule has 2 aromatic carbocycles. The van der Waals surface area contributed by atoms with Gasteiger partial charge in [-0.05, 0) is 60.7 Å². The van der Waals surface area contributed by atoms with E-state index < -0.39 is 0 Å². The van der Waals surface area contributed by atoms with Gasteiger partial charge in [0, 0.05) is 40.2 Å². The van der Waals surface area contributed by atoms with Crippen LogP contribution in [0, 0.1) is 0 Å². The summed E-state index contributed by atoms with van der Waals surface area (Å²) in [6.07, 6.45) is 7.31. The summed E-state index contributed by atoms with van der Waals surface area (Å²) in [4.78, 5) is 4.22. The monoisotopic (exact) mass is 275 g/mol. The maximum absolute atomic E-state index is 6.04. The molecule has 0 unspecified atom stereocenters. The first kappa shape index (κ1) is 12.2. The summed E-state index contributed by atoms with van der Waals surface area (Å²) in [7, 11) is 0. The number of fused-ring (bicyclic) bond motifs is 2. The van der Waals surface area contributed by atoms with Gasteiger partial charge in [0.25, 0.3) is 0 Å². The summed E-state index contributed by atoms with van der Waals surface area (Å²) in [5.41, 5.74) is 12.0. The van der Waals surface area contributed by atoms with E-state index in [2.05, 4.69) is 28.5 Å². The predicted octanol–water partition coefficient (Wildman–Crippen LogP) is 4.05. The molecule has 21 heavy (non-hydrogen) atoms. The van der Waals surface area contributed by atoms with Gasteiger partial charge >= 0.3 is 0 Å². The van der Waals surface area contributed by atoms with Gasteiger partial charge in [-0.3, -0.25) is 4.98 Å². The number of nitrogens with one attached hydrogen (secondary N) is 1. The van der Waals surface area contributed by atoms with E-state index in [9.17, 15) is 0 Å². The lowest BCUT2D eigenvalue weighted by atomic mass is 10.1. The van der Waals surface area contributed by atoms with Gasteiger partial charge in [-0.25, -0.2) is 0 Å². The van der Waals surface area contributed by atoms with E-state index in [0.29, 0.717) is 0 Å². The third kappa shape index (κ3) is 2.11. The molecule has 0 radical (unpaired) electrons. The van der Waals surface area contributed by atoms with Crippen molar-refractivity contribution in [2.45, 2.75) is 19.3 Å². The van der Waals surface area contributed by atoms with Crippen LogP contribution in [0.3, 0.4) is 0 Å². The smallest absolute Gasteiger partial charge is 0.0481 e. The summed E-state index contributed by atoms with van der Waals surface area (Å²) in [6, 6.07) is 12.6. The van der Waals surface area contributed by atoms with Crippen LogP contribution in [0.25, 0.3) is 10.8 Å². The Hall–Kier alpha value is -2.55. The standard InChI is InChI=1S/C18H17N3/c19-17-6-7-18(16-11-20-9-8-15(16)17)21-14-5-4-12-2-1-3-13(12)10-14/h4-11,21H,1-3,19H2. The molecule has 1 aromatic heterocycles. The third-order valence-electron chi connectivity index (χ3n) is 4.23. The number of benzene rings is 2. The molecule has 0 bridgehead atoms. The van der Waals surface area contributed by atoms with Gasteiger partial charge in [-0.1, -0.05) is 6.07 Å². The van der Waals surface area contributed by atoms with Gasteiger partial charge in [-0.2, -0.15) is 0 Å². The van der Waals surface area contributed by atoms with E-state index in [1.165, 1.54) is 30.4 Å². The molecular weight excluding hydrogens is 258 g/mol. The Labute approximate surface area is 123 Å². The minimum Gasteiger partial charge on any atom is -0.398 e. The molecule has 0 saturated carbocycles. The van der Waals surface area contributed by atoms with E-state index in [4.69, 9.17) is 5.73 Å². The molecule has 3 nitrogen and oxygen atoms in total. The summed E-state index contributed by atoms with van der Waals surface area (Å²) in [5.74, 6) is 0. The maximum atomic E-state index is 6.04. The number of pyridine rings is 1. The highest BCUT2D eigenvalue weighted by Crippen LogP contribution is 2.31. The van der Waals surface area contributed by atoms with E-state index in [0.717, 1.165) is 27.8 Å². The Kier molecular flexibility index (Phi) is 2.78. The van der Waals surface area contributed by atoms with Crippen molar-refractivity contribution in [3.63, 3.8) is 0 Å². The molecule has 0 atom stereocenters. The van der Waals surface area contributed by atoms with Gasteiger partial charge < -0.3 is 11.1 Å². The van der Waals surface area contributed by atoms with Crippen molar-refractivity contribution in [2.24, 2.45) is 0 Å². The summed E-state index contributed by atoms with van der Waals surface area (Å²) >= 11 is 0. The Morgan fingerprint density at radius 1 is 0.952 bits per heavy atom. The highest BCUT2D eigenvalue weighted by atomic mass is 14.9. The van der Waals surface area contributed by atoms with Crippen molar-refractivity contribution in [1.29, 1.82) is 0 Å². The second-order valence-corrected chi connectivity index (χ2v) is 5.59. The lowest BCUT2D eigenvalue weighted by Crippen LogP contribution is -1.95. The Morgan fingerprint density at radius 2 is 1.86 bits per heavy atom. The fourth-order valence-corrected chi connectivity index (χ4v) is 3.13. The fourth-order valence-electron chi connectivity index (χ4n) is 3.13. The van der Waals surface area contributed by atoms with Gasteiger partial charge in [0.15, 0.2) is 0 Å². The molecule has 0 aliphatic heterocycles. The topological polar surface area (TPSA) is 50.9 Å². The molecule has 0 saturated heterocycles. The summed E-state index contributed by atoms with van der Waals surface area (Å²) < 4.78 is 0. The molecule has 3 aromatic rings. The van der Waals surface area contributed by atoms with Crippen LogP contribution >= 0.6 is 0 Å². The average molecular weight is 275 g/mol. The second kappa shape index (κ2) is 4.77. The van der Waals surface area contributed by atoms with Crippen LogP contribution in [-0.4, -0.2) is 4.98 Å². The van der Waals surface area contributed by atoms with Crippen LogP contribution < -0.4 is 11.1 Å². The van der Waals surface area contributed by atoms with Crippen LogP contribution in [0.4, 0.5) is 17.1 Å². The molecular formula is C18H17N3. The quantitative estimate of drug-likeness (QED) is 0.694. The predicted molar refractivity (Wildman–Crippen MR) is 87.9 cm³/mol. The van der Waals surface area contributed by atoms with Crippen LogP contribution in [0.2, 0.25) is 0 Å². The zero-order chi connectivity index (χ0) is 14.2. The number of nitrogen functional groups attached to an aromatic ring is 1. The minimum atomic E-state index is 0.784. The Balaban J connectivity index is 1.76. The molecule has 1 aliphatic rings. The zero-order valence-corrected chi connectivity index (χ0v) is 11.8. The maximum Gasteiger partial charge on any atom is 0.0481 e. The third-order valence-corrected chi connectivity index (χ3v) is 4.23. The normalized spacial score (nSPS) is 13.3. The molecule has 104 valence electrons. The SMILES string of the molecule is Nc1ccc(Nc2ccc3c(c2)CCC3)c2cnccc12. The minimum absolute atomic E-state index is 0.784. The molecule has 0 amide bonds. The van der Waals surface area contributed by atoms with E-state index in [1.807, 2.05) is 24.4 Å².